The van der Waals surface area contributed by atoms with Gasteiger partial charge in [-0.15, -0.1) is 0 Å². The average Bonchev–Trinajstić information content (AvgIpc) is 2.87. The Balaban J connectivity index is 1.62. The molecular formula is C27H35N3O5. The van der Waals surface area contributed by atoms with Crippen LogP contribution in [0, 0.1) is 5.92 Å². The van der Waals surface area contributed by atoms with E-state index in [4.69, 9.17) is 4.74 Å². The van der Waals surface area contributed by atoms with Gasteiger partial charge in [-0.2, -0.15) is 0 Å². The summed E-state index contributed by atoms with van der Waals surface area (Å²) in [6.45, 7) is 3.46. The van der Waals surface area contributed by atoms with Crippen LogP contribution < -0.4 is 15.4 Å². The van der Waals surface area contributed by atoms with Crippen LogP contribution >= 0.6 is 0 Å². The molecule has 1 aliphatic rings. The Morgan fingerprint density at radius 3 is 2.60 bits per heavy atom. The Bertz CT molecular complexity index is 1030. The van der Waals surface area contributed by atoms with Crippen LogP contribution in [0.1, 0.15) is 61.0 Å². The van der Waals surface area contributed by atoms with E-state index in [-0.39, 0.29) is 35.4 Å². The highest BCUT2D eigenvalue weighted by Crippen LogP contribution is 2.40. The summed E-state index contributed by atoms with van der Waals surface area (Å²) in [6, 6.07) is 13.3. The van der Waals surface area contributed by atoms with Crippen LogP contribution in [0.25, 0.3) is 0 Å². The predicted octanol–water partition coefficient (Wildman–Crippen LogP) is 3.42. The molecule has 0 spiro atoms. The van der Waals surface area contributed by atoms with Crippen molar-refractivity contribution in [3.63, 3.8) is 0 Å². The fraction of sp³-hybridized carbons (Fsp3) is 0.444. The van der Waals surface area contributed by atoms with E-state index < -0.39 is 0 Å². The average molecular weight is 482 g/mol. The number of aromatic hydroxyl groups is 1. The number of ether oxygens (including phenoxy) is 1. The standard InChI is InChI=1S/C27H35N3O5/c1-3-4-17-30-24(32)14-13-22(25(30)21-11-5-6-12-23(21)35-2)27(34)29-16-8-15-28-26(33)19-9-7-10-20(31)18-19/h5-7,9-12,18,22,25,31H,3-4,8,13-17H2,1-2H3,(H,28,33)(H,29,34). The molecule has 1 heterocycles. The normalized spacial score (nSPS) is 17.7. The molecule has 2 unspecified atom stereocenters. The number of carbonyl (C=O) groups excluding carboxylic acids is 3. The number of phenolic OH excluding ortho intramolecular Hbond substituents is 1. The maximum absolute atomic E-state index is 13.3. The molecule has 3 rings (SSSR count). The van der Waals surface area contributed by atoms with Gasteiger partial charge in [0.15, 0.2) is 0 Å². The quantitative estimate of drug-likeness (QED) is 0.426. The van der Waals surface area contributed by atoms with E-state index >= 15 is 0 Å². The first kappa shape index (κ1) is 26.1. The fourth-order valence-corrected chi connectivity index (χ4v) is 4.50. The van der Waals surface area contributed by atoms with E-state index in [0.717, 1.165) is 18.4 Å². The molecule has 2 aromatic carbocycles. The van der Waals surface area contributed by atoms with Crippen molar-refractivity contribution in [2.75, 3.05) is 26.7 Å². The molecule has 8 heteroatoms. The van der Waals surface area contributed by atoms with Crippen molar-refractivity contribution in [2.24, 2.45) is 5.92 Å². The molecular weight excluding hydrogens is 446 g/mol. The van der Waals surface area contributed by atoms with Crippen LogP contribution in [0.5, 0.6) is 11.5 Å². The molecule has 1 aliphatic heterocycles. The van der Waals surface area contributed by atoms with Crippen molar-refractivity contribution < 1.29 is 24.2 Å². The highest BCUT2D eigenvalue weighted by atomic mass is 16.5. The molecule has 188 valence electrons. The van der Waals surface area contributed by atoms with E-state index in [1.165, 1.54) is 12.1 Å². The van der Waals surface area contributed by atoms with Gasteiger partial charge in [-0.3, -0.25) is 14.4 Å². The van der Waals surface area contributed by atoms with Crippen molar-refractivity contribution in [2.45, 2.75) is 45.1 Å². The number of amides is 3. The Hall–Kier alpha value is -3.55. The third-order valence-electron chi connectivity index (χ3n) is 6.30. The van der Waals surface area contributed by atoms with Gasteiger partial charge in [0.2, 0.25) is 11.8 Å². The van der Waals surface area contributed by atoms with Gasteiger partial charge in [0.05, 0.1) is 19.1 Å². The van der Waals surface area contributed by atoms with Crippen LogP contribution in [-0.2, 0) is 9.59 Å². The van der Waals surface area contributed by atoms with Crippen LogP contribution in [0.15, 0.2) is 48.5 Å². The molecule has 0 aromatic heterocycles. The van der Waals surface area contributed by atoms with E-state index in [1.54, 1.807) is 19.2 Å². The minimum absolute atomic E-state index is 0.0356. The number of nitrogens with zero attached hydrogens (tertiary/aromatic N) is 1. The second kappa shape index (κ2) is 12.8. The smallest absolute Gasteiger partial charge is 0.251 e. The van der Waals surface area contributed by atoms with Crippen molar-refractivity contribution in [3.05, 3.63) is 59.7 Å². The SMILES string of the molecule is CCCCN1C(=O)CCC(C(=O)NCCCNC(=O)c2cccc(O)c2)C1c1ccccc1OC. The molecule has 0 saturated carbocycles. The van der Waals surface area contributed by atoms with Crippen LogP contribution in [0.3, 0.4) is 0 Å². The molecule has 0 radical (unpaired) electrons. The molecule has 3 amide bonds. The summed E-state index contributed by atoms with van der Waals surface area (Å²) >= 11 is 0. The number of carbonyl (C=O) groups is 3. The highest BCUT2D eigenvalue weighted by Gasteiger charge is 2.41. The topological polar surface area (TPSA) is 108 Å². The second-order valence-corrected chi connectivity index (χ2v) is 8.72. The summed E-state index contributed by atoms with van der Waals surface area (Å²) in [6.07, 6.45) is 3.19. The summed E-state index contributed by atoms with van der Waals surface area (Å²) in [5.41, 5.74) is 1.23. The van der Waals surface area contributed by atoms with Gasteiger partial charge in [-0.25, -0.2) is 0 Å². The number of phenols is 1. The minimum Gasteiger partial charge on any atom is -0.508 e. The molecule has 8 nitrogen and oxygen atoms in total. The van der Waals surface area contributed by atoms with Gasteiger partial charge in [-0.05, 0) is 43.5 Å². The molecule has 1 fully saturated rings. The zero-order chi connectivity index (χ0) is 25.2. The first-order valence-corrected chi connectivity index (χ1v) is 12.2. The molecule has 3 N–H and O–H groups in total. The second-order valence-electron chi connectivity index (χ2n) is 8.72. The summed E-state index contributed by atoms with van der Waals surface area (Å²) < 4.78 is 5.57. The Morgan fingerprint density at radius 1 is 1.09 bits per heavy atom. The lowest BCUT2D eigenvalue weighted by molar-refractivity contribution is -0.143. The van der Waals surface area contributed by atoms with Crippen LogP contribution in [-0.4, -0.2) is 54.5 Å². The van der Waals surface area contributed by atoms with Gasteiger partial charge in [0.25, 0.3) is 5.91 Å². The number of methoxy groups -OCH3 is 1. The monoisotopic (exact) mass is 481 g/mol. The number of piperidine rings is 1. The van der Waals surface area contributed by atoms with Gasteiger partial charge in [0, 0.05) is 37.2 Å². The van der Waals surface area contributed by atoms with E-state index in [0.29, 0.717) is 50.2 Å². The van der Waals surface area contributed by atoms with Gasteiger partial charge >= 0.3 is 0 Å². The summed E-state index contributed by atoms with van der Waals surface area (Å²) in [5.74, 6) is 0.000427. The third-order valence-corrected chi connectivity index (χ3v) is 6.30. The number of hydrogen-bond acceptors (Lipinski definition) is 5. The zero-order valence-electron chi connectivity index (χ0n) is 20.5. The molecule has 2 atom stereocenters. The maximum atomic E-state index is 13.3. The van der Waals surface area contributed by atoms with Crippen molar-refractivity contribution in [1.82, 2.24) is 15.5 Å². The maximum Gasteiger partial charge on any atom is 0.251 e. The number of likely N-dealkylation sites (tertiary alicyclic amines) is 1. The van der Waals surface area contributed by atoms with E-state index in [2.05, 4.69) is 17.6 Å². The van der Waals surface area contributed by atoms with Gasteiger partial charge in [0.1, 0.15) is 11.5 Å². The number of benzene rings is 2. The van der Waals surface area contributed by atoms with Gasteiger partial charge < -0.3 is 25.4 Å². The lowest BCUT2D eigenvalue weighted by Crippen LogP contribution is -2.48. The number of para-hydroxylation sites is 1. The molecule has 35 heavy (non-hydrogen) atoms. The lowest BCUT2D eigenvalue weighted by Gasteiger charge is -2.41. The van der Waals surface area contributed by atoms with Crippen molar-refractivity contribution >= 4 is 17.7 Å². The number of rotatable bonds is 11. The van der Waals surface area contributed by atoms with E-state index in [1.807, 2.05) is 29.2 Å². The lowest BCUT2D eigenvalue weighted by atomic mass is 9.83. The van der Waals surface area contributed by atoms with E-state index in [9.17, 15) is 19.5 Å². The molecule has 0 bridgehead atoms. The van der Waals surface area contributed by atoms with Crippen LogP contribution in [0.2, 0.25) is 0 Å². The highest BCUT2D eigenvalue weighted by molar-refractivity contribution is 5.94. The van der Waals surface area contributed by atoms with Crippen molar-refractivity contribution in [1.29, 1.82) is 0 Å². The summed E-state index contributed by atoms with van der Waals surface area (Å²) in [4.78, 5) is 40.1. The zero-order valence-corrected chi connectivity index (χ0v) is 20.5. The first-order chi connectivity index (χ1) is 17.0. The Kier molecular flexibility index (Phi) is 9.52. The molecule has 2 aromatic rings. The van der Waals surface area contributed by atoms with Crippen LogP contribution in [0.4, 0.5) is 0 Å². The minimum atomic E-state index is -0.386. The largest absolute Gasteiger partial charge is 0.508 e. The Morgan fingerprint density at radius 2 is 1.86 bits per heavy atom. The number of nitrogens with one attached hydrogen (secondary N) is 2. The summed E-state index contributed by atoms with van der Waals surface area (Å²) in [5, 5.41) is 15.3. The predicted molar refractivity (Wildman–Crippen MR) is 133 cm³/mol. The Labute approximate surface area is 206 Å². The summed E-state index contributed by atoms with van der Waals surface area (Å²) in [7, 11) is 1.60. The number of hydrogen-bond donors (Lipinski definition) is 3. The third kappa shape index (κ3) is 6.74. The fourth-order valence-electron chi connectivity index (χ4n) is 4.50. The number of unbranched alkanes of at least 4 members (excludes halogenated alkanes) is 1. The van der Waals surface area contributed by atoms with Crippen molar-refractivity contribution in [3.8, 4) is 11.5 Å². The molecule has 0 aliphatic carbocycles. The first-order valence-electron chi connectivity index (χ1n) is 12.2. The molecule has 1 saturated heterocycles. The van der Waals surface area contributed by atoms with Gasteiger partial charge in [-0.1, -0.05) is 37.6 Å².